The van der Waals surface area contributed by atoms with Crippen molar-refractivity contribution in [1.29, 1.82) is 0 Å². The second kappa shape index (κ2) is 8.85. The number of aryl methyl sites for hydroxylation is 4. The lowest BCUT2D eigenvalue weighted by Gasteiger charge is -2.14. The maximum Gasteiger partial charge on any atom is 0.191 e. The maximum atomic E-state index is 5.39. The third kappa shape index (κ3) is 5.08. The van der Waals surface area contributed by atoms with Crippen molar-refractivity contribution in [2.75, 3.05) is 5.32 Å². The highest BCUT2D eigenvalue weighted by atomic mass is 32.1. The van der Waals surface area contributed by atoms with E-state index in [4.69, 9.17) is 12.2 Å². The number of anilines is 1. The summed E-state index contributed by atoms with van der Waals surface area (Å²) in [5.74, 6) is 0. The summed E-state index contributed by atoms with van der Waals surface area (Å²) in [6.07, 6.45) is 3.84. The largest absolute Gasteiger partial charge is 0.342 e. The molecule has 0 saturated carbocycles. The average molecular weight is 391 g/mol. The number of rotatable bonds is 5. The predicted molar refractivity (Wildman–Crippen MR) is 122 cm³/mol. The molecule has 28 heavy (non-hydrogen) atoms. The number of nitrogens with zero attached hydrogens (tertiary/aromatic N) is 2. The van der Waals surface area contributed by atoms with E-state index in [1.807, 2.05) is 12.1 Å². The quantitative estimate of drug-likeness (QED) is 0.362. The molecule has 2 aromatic carbocycles. The van der Waals surface area contributed by atoms with E-state index in [1.54, 1.807) is 6.21 Å². The zero-order chi connectivity index (χ0) is 20.1. The van der Waals surface area contributed by atoms with E-state index in [1.165, 1.54) is 16.7 Å². The first-order valence-corrected chi connectivity index (χ1v) is 9.72. The first-order valence-electron chi connectivity index (χ1n) is 9.31. The Labute approximate surface area is 172 Å². The minimum Gasteiger partial charge on any atom is -0.342 e. The lowest BCUT2D eigenvalue weighted by Crippen LogP contribution is -2.25. The molecule has 0 bridgehead atoms. The van der Waals surface area contributed by atoms with E-state index < -0.39 is 0 Å². The molecular weight excluding hydrogens is 364 g/mol. The Morgan fingerprint density at radius 3 is 2.36 bits per heavy atom. The Bertz CT molecular complexity index is 977. The summed E-state index contributed by atoms with van der Waals surface area (Å²) >= 11 is 5.39. The van der Waals surface area contributed by atoms with Gasteiger partial charge in [0.1, 0.15) is 0 Å². The zero-order valence-corrected chi connectivity index (χ0v) is 17.6. The molecule has 0 aliphatic rings. The normalized spacial score (nSPS) is 11.0. The van der Waals surface area contributed by atoms with Crippen LogP contribution >= 0.6 is 12.2 Å². The lowest BCUT2D eigenvalue weighted by atomic mass is 10.1. The van der Waals surface area contributed by atoms with Crippen LogP contribution < -0.4 is 10.7 Å². The summed E-state index contributed by atoms with van der Waals surface area (Å²) < 4.78 is 2.15. The average Bonchev–Trinajstić information content (AvgIpc) is 3.07. The summed E-state index contributed by atoms with van der Waals surface area (Å²) in [6, 6.07) is 16.9. The van der Waals surface area contributed by atoms with E-state index in [0.717, 1.165) is 29.1 Å². The van der Waals surface area contributed by atoms with Crippen LogP contribution in [0, 0.1) is 27.7 Å². The van der Waals surface area contributed by atoms with Crippen molar-refractivity contribution in [2.45, 2.75) is 34.2 Å². The predicted octanol–water partition coefficient (Wildman–Crippen LogP) is 5.09. The highest BCUT2D eigenvalue weighted by molar-refractivity contribution is 7.80. The maximum absolute atomic E-state index is 5.39. The molecule has 0 saturated heterocycles. The fraction of sp³-hybridized carbons (Fsp3) is 0.217. The first-order chi connectivity index (χ1) is 13.4. The molecule has 0 atom stereocenters. The van der Waals surface area contributed by atoms with Crippen molar-refractivity contribution in [3.63, 3.8) is 0 Å². The van der Waals surface area contributed by atoms with Gasteiger partial charge in [-0.25, -0.2) is 0 Å². The topological polar surface area (TPSA) is 41.4 Å². The molecule has 1 heterocycles. The van der Waals surface area contributed by atoms with Gasteiger partial charge in [-0.1, -0.05) is 47.5 Å². The van der Waals surface area contributed by atoms with Crippen LogP contribution in [0.25, 0.3) is 0 Å². The molecule has 3 aromatic rings. The van der Waals surface area contributed by atoms with Crippen LogP contribution in [0.4, 0.5) is 5.69 Å². The Hall–Kier alpha value is -2.92. The van der Waals surface area contributed by atoms with Crippen molar-refractivity contribution in [3.8, 4) is 0 Å². The number of hydrogen-bond donors (Lipinski definition) is 2. The number of hydrazone groups is 1. The van der Waals surface area contributed by atoms with Gasteiger partial charge >= 0.3 is 0 Å². The van der Waals surface area contributed by atoms with Gasteiger partial charge in [0.25, 0.3) is 0 Å². The van der Waals surface area contributed by atoms with Crippen LogP contribution in [0.1, 0.15) is 33.5 Å². The number of thiocarbonyl (C=S) groups is 1. The molecule has 1 aromatic heterocycles. The van der Waals surface area contributed by atoms with Gasteiger partial charge in [-0.2, -0.15) is 5.10 Å². The van der Waals surface area contributed by atoms with Crippen LogP contribution in [0.2, 0.25) is 0 Å². The minimum absolute atomic E-state index is 0.475. The smallest absolute Gasteiger partial charge is 0.191 e. The van der Waals surface area contributed by atoms with Crippen molar-refractivity contribution in [3.05, 3.63) is 88.2 Å². The van der Waals surface area contributed by atoms with Crippen molar-refractivity contribution in [1.82, 2.24) is 9.99 Å². The molecule has 0 radical (unpaired) electrons. The van der Waals surface area contributed by atoms with E-state index in [-0.39, 0.29) is 0 Å². The van der Waals surface area contributed by atoms with E-state index >= 15 is 0 Å². The van der Waals surface area contributed by atoms with E-state index in [0.29, 0.717) is 5.11 Å². The summed E-state index contributed by atoms with van der Waals surface area (Å²) in [5.41, 5.74) is 11.0. The Kier molecular flexibility index (Phi) is 6.26. The zero-order valence-electron chi connectivity index (χ0n) is 16.8. The van der Waals surface area contributed by atoms with E-state index in [9.17, 15) is 0 Å². The van der Waals surface area contributed by atoms with E-state index in [2.05, 4.69) is 90.7 Å². The first kappa shape index (κ1) is 19.8. The van der Waals surface area contributed by atoms with Crippen LogP contribution in [-0.4, -0.2) is 15.9 Å². The molecule has 0 spiro atoms. The van der Waals surface area contributed by atoms with Crippen LogP contribution in [-0.2, 0) is 6.54 Å². The van der Waals surface area contributed by atoms with Gasteiger partial charge in [0.15, 0.2) is 5.11 Å². The number of nitrogens with one attached hydrogen (secondary N) is 2. The Morgan fingerprint density at radius 2 is 1.68 bits per heavy atom. The molecule has 0 fully saturated rings. The third-order valence-corrected chi connectivity index (χ3v) is 4.81. The van der Waals surface area contributed by atoms with Crippen LogP contribution in [0.3, 0.4) is 0 Å². The summed E-state index contributed by atoms with van der Waals surface area (Å²) in [6.45, 7) is 9.15. The Morgan fingerprint density at radius 1 is 1.00 bits per heavy atom. The lowest BCUT2D eigenvalue weighted by molar-refractivity contribution is 0.798. The van der Waals surface area contributed by atoms with Gasteiger partial charge in [-0.15, -0.1) is 0 Å². The minimum atomic E-state index is 0.475. The van der Waals surface area contributed by atoms with Crippen LogP contribution in [0.15, 0.2) is 59.8 Å². The van der Waals surface area contributed by atoms with Gasteiger partial charge in [-0.3, -0.25) is 5.43 Å². The SMILES string of the molecule is Cc1ccc(Cn2cccc2C=NNC(=S)Nc2c(C)cc(C)cc2C)cc1. The van der Waals surface area contributed by atoms with Gasteiger partial charge in [0, 0.05) is 18.4 Å². The van der Waals surface area contributed by atoms with Crippen molar-refractivity contribution >= 4 is 29.2 Å². The summed E-state index contributed by atoms with van der Waals surface area (Å²) in [4.78, 5) is 0. The Balaban J connectivity index is 1.62. The van der Waals surface area contributed by atoms with Gasteiger partial charge in [0.05, 0.1) is 11.9 Å². The number of hydrogen-bond acceptors (Lipinski definition) is 2. The molecule has 144 valence electrons. The molecule has 0 amide bonds. The third-order valence-electron chi connectivity index (χ3n) is 4.62. The second-order valence-corrected chi connectivity index (χ2v) is 7.55. The summed E-state index contributed by atoms with van der Waals surface area (Å²) in [7, 11) is 0. The molecule has 2 N–H and O–H groups in total. The molecule has 5 heteroatoms. The summed E-state index contributed by atoms with van der Waals surface area (Å²) in [5, 5.41) is 8.02. The molecule has 0 unspecified atom stereocenters. The fourth-order valence-corrected chi connectivity index (χ4v) is 3.41. The molecule has 4 nitrogen and oxygen atoms in total. The van der Waals surface area contributed by atoms with Crippen LogP contribution in [0.5, 0.6) is 0 Å². The molecule has 0 aliphatic heterocycles. The molecule has 3 rings (SSSR count). The van der Waals surface area contributed by atoms with Gasteiger partial charge in [-0.05, 0) is 68.7 Å². The van der Waals surface area contributed by atoms with Crippen molar-refractivity contribution in [2.24, 2.45) is 5.10 Å². The highest BCUT2D eigenvalue weighted by Gasteiger charge is 2.05. The number of aromatic nitrogens is 1. The van der Waals surface area contributed by atoms with Crippen molar-refractivity contribution < 1.29 is 0 Å². The molecule has 0 aliphatic carbocycles. The highest BCUT2D eigenvalue weighted by Crippen LogP contribution is 2.21. The number of benzene rings is 2. The second-order valence-electron chi connectivity index (χ2n) is 7.14. The van der Waals surface area contributed by atoms with Gasteiger partial charge in [0.2, 0.25) is 0 Å². The monoisotopic (exact) mass is 390 g/mol. The molecular formula is C23H26N4S. The van der Waals surface area contributed by atoms with Gasteiger partial charge < -0.3 is 9.88 Å². The standard InChI is InChI=1S/C23H26N4S/c1-16-7-9-20(10-8-16)15-27-11-5-6-21(27)14-24-26-23(28)25-22-18(3)12-17(2)13-19(22)4/h5-14H,15H2,1-4H3,(H2,25,26,28). The fourth-order valence-electron chi connectivity index (χ4n) is 3.25.